The first-order chi connectivity index (χ1) is 31.5. The molecule has 3 N–H and O–H groups in total. The summed E-state index contributed by atoms with van der Waals surface area (Å²) >= 11 is 0. The third-order valence-corrected chi connectivity index (χ3v) is 13.3. The van der Waals surface area contributed by atoms with Crippen LogP contribution >= 0.6 is 0 Å². The van der Waals surface area contributed by atoms with Gasteiger partial charge in [-0.05, 0) is 57.8 Å². The van der Waals surface area contributed by atoms with E-state index in [0.29, 0.717) is 25.9 Å². The second kappa shape index (κ2) is 54.0. The van der Waals surface area contributed by atoms with Crippen molar-refractivity contribution in [2.45, 2.75) is 321 Å². The molecule has 6 heteroatoms. The van der Waals surface area contributed by atoms with Crippen molar-refractivity contribution in [2.75, 3.05) is 13.2 Å². The van der Waals surface area contributed by atoms with Crippen LogP contribution in [-0.2, 0) is 14.3 Å². The van der Waals surface area contributed by atoms with E-state index >= 15 is 0 Å². The molecule has 0 heterocycles. The van der Waals surface area contributed by atoms with E-state index < -0.39 is 12.1 Å². The number of carbonyl (C=O) groups is 2. The maximum Gasteiger partial charge on any atom is 0.305 e. The number of aliphatic hydroxyl groups excluding tert-OH is 2. The van der Waals surface area contributed by atoms with Gasteiger partial charge in [0.25, 0.3) is 0 Å². The Labute approximate surface area is 399 Å². The number of nitrogens with one attached hydrogen (secondary N) is 1. The first-order valence-corrected chi connectivity index (χ1v) is 28.6. The van der Waals surface area contributed by atoms with Gasteiger partial charge < -0.3 is 20.3 Å². The molecule has 0 fully saturated rings. The molecule has 2 unspecified atom stereocenters. The topological polar surface area (TPSA) is 95.9 Å². The van der Waals surface area contributed by atoms with E-state index in [9.17, 15) is 19.8 Å². The molecule has 0 aliphatic carbocycles. The molecule has 0 spiro atoms. The van der Waals surface area contributed by atoms with Crippen molar-refractivity contribution < 1.29 is 24.5 Å². The average Bonchev–Trinajstić information content (AvgIpc) is 3.29. The minimum atomic E-state index is -0.666. The Kier molecular flexibility index (Phi) is 52.6. The molecule has 0 saturated carbocycles. The minimum Gasteiger partial charge on any atom is -0.466 e. The predicted molar refractivity (Wildman–Crippen MR) is 278 cm³/mol. The molecule has 2 atom stereocenters. The van der Waals surface area contributed by atoms with E-state index in [4.69, 9.17) is 4.74 Å². The van der Waals surface area contributed by atoms with Crippen molar-refractivity contribution in [1.82, 2.24) is 5.32 Å². The summed E-state index contributed by atoms with van der Waals surface area (Å²) in [7, 11) is 0. The maximum atomic E-state index is 12.4. The Morgan fingerprint density at radius 3 is 1.22 bits per heavy atom. The maximum absolute atomic E-state index is 12.4. The van der Waals surface area contributed by atoms with Crippen molar-refractivity contribution >= 4 is 11.9 Å². The van der Waals surface area contributed by atoms with Crippen molar-refractivity contribution in [3.63, 3.8) is 0 Å². The fraction of sp³-hybridized carbons (Fsp3) is 0.897. The smallest absolute Gasteiger partial charge is 0.305 e. The quantitative estimate of drug-likeness (QED) is 0.0321. The van der Waals surface area contributed by atoms with Gasteiger partial charge in [0.15, 0.2) is 0 Å². The van der Waals surface area contributed by atoms with E-state index in [1.165, 1.54) is 225 Å². The number of carbonyl (C=O) groups excluding carboxylic acids is 2. The molecule has 64 heavy (non-hydrogen) atoms. The van der Waals surface area contributed by atoms with Gasteiger partial charge in [-0.15, -0.1) is 0 Å². The Morgan fingerprint density at radius 2 is 0.781 bits per heavy atom. The van der Waals surface area contributed by atoms with Crippen LogP contribution in [0.5, 0.6) is 0 Å². The van der Waals surface area contributed by atoms with Crippen LogP contribution in [0.15, 0.2) is 24.3 Å². The van der Waals surface area contributed by atoms with Gasteiger partial charge in [0.2, 0.25) is 5.91 Å². The number of ether oxygens (including phenoxy) is 1. The van der Waals surface area contributed by atoms with Crippen LogP contribution in [0.25, 0.3) is 0 Å². The molecule has 0 aliphatic rings. The van der Waals surface area contributed by atoms with E-state index in [1.54, 1.807) is 0 Å². The van der Waals surface area contributed by atoms with Gasteiger partial charge in [-0.3, -0.25) is 9.59 Å². The lowest BCUT2D eigenvalue weighted by molar-refractivity contribution is -0.143. The lowest BCUT2D eigenvalue weighted by atomic mass is 10.0. The summed E-state index contributed by atoms with van der Waals surface area (Å²) in [5.41, 5.74) is 0. The van der Waals surface area contributed by atoms with Gasteiger partial charge in [-0.2, -0.15) is 0 Å². The van der Waals surface area contributed by atoms with E-state index in [-0.39, 0.29) is 18.5 Å². The Bertz CT molecular complexity index is 997. The lowest BCUT2D eigenvalue weighted by Crippen LogP contribution is -2.45. The van der Waals surface area contributed by atoms with Crippen LogP contribution in [0.3, 0.4) is 0 Å². The first kappa shape index (κ1) is 62.3. The summed E-state index contributed by atoms with van der Waals surface area (Å²) in [6.07, 6.45) is 64.5. The molecule has 0 rings (SSSR count). The molecular weight excluding hydrogens is 791 g/mol. The summed E-state index contributed by atoms with van der Waals surface area (Å²) in [5.74, 6) is -0.0394. The zero-order chi connectivity index (χ0) is 46.5. The van der Waals surface area contributed by atoms with E-state index in [2.05, 4.69) is 43.5 Å². The zero-order valence-electron chi connectivity index (χ0n) is 43.0. The third-order valence-electron chi connectivity index (χ3n) is 13.3. The molecule has 1 amide bonds. The Balaban J connectivity index is 3.39. The van der Waals surface area contributed by atoms with Gasteiger partial charge in [0.1, 0.15) is 0 Å². The summed E-state index contributed by atoms with van der Waals surface area (Å²) in [5, 5.41) is 23.2. The molecule has 0 saturated heterocycles. The van der Waals surface area contributed by atoms with Crippen LogP contribution in [0, 0.1) is 0 Å². The van der Waals surface area contributed by atoms with Crippen molar-refractivity contribution in [3.8, 4) is 0 Å². The molecule has 0 aliphatic heterocycles. The largest absolute Gasteiger partial charge is 0.466 e. The predicted octanol–water partition coefficient (Wildman–Crippen LogP) is 17.5. The molecule has 378 valence electrons. The monoisotopic (exact) mass is 902 g/mol. The summed E-state index contributed by atoms with van der Waals surface area (Å²) in [6, 6.07) is -0.543. The van der Waals surface area contributed by atoms with Gasteiger partial charge >= 0.3 is 5.97 Å². The average molecular weight is 903 g/mol. The highest BCUT2D eigenvalue weighted by Gasteiger charge is 2.20. The van der Waals surface area contributed by atoms with Crippen LogP contribution in [0.1, 0.15) is 309 Å². The van der Waals surface area contributed by atoms with Crippen LogP contribution in [0.4, 0.5) is 0 Å². The highest BCUT2D eigenvalue weighted by molar-refractivity contribution is 5.76. The van der Waals surface area contributed by atoms with Gasteiger partial charge in [-0.25, -0.2) is 0 Å². The molecule has 0 aromatic carbocycles. The van der Waals surface area contributed by atoms with Crippen LogP contribution in [0.2, 0.25) is 0 Å². The Hall–Kier alpha value is -1.66. The van der Waals surface area contributed by atoms with Gasteiger partial charge in [-0.1, -0.05) is 263 Å². The van der Waals surface area contributed by atoms with Crippen molar-refractivity contribution in [3.05, 3.63) is 24.3 Å². The molecular formula is C58H111NO5. The van der Waals surface area contributed by atoms with Crippen LogP contribution < -0.4 is 5.32 Å². The normalized spacial score (nSPS) is 12.8. The number of hydrogen-bond donors (Lipinski definition) is 3. The minimum absolute atomic E-state index is 0.000311. The number of allylic oxidation sites excluding steroid dienone is 4. The molecule has 0 aromatic rings. The summed E-state index contributed by atoms with van der Waals surface area (Å²) in [6.45, 7) is 4.92. The number of unbranched alkanes of at least 4 members (excludes halogenated alkanes) is 38. The molecule has 0 radical (unpaired) electrons. The highest BCUT2D eigenvalue weighted by Crippen LogP contribution is 2.17. The molecule has 0 aromatic heterocycles. The zero-order valence-corrected chi connectivity index (χ0v) is 43.0. The summed E-state index contributed by atoms with van der Waals surface area (Å²) in [4.78, 5) is 24.5. The van der Waals surface area contributed by atoms with Crippen LogP contribution in [-0.4, -0.2) is 47.4 Å². The highest BCUT2D eigenvalue weighted by atomic mass is 16.5. The standard InChI is InChI=1S/C58H111NO5/c1-3-5-7-9-11-13-15-17-18-21-25-28-32-36-40-44-48-52-58(63)64-53-49-45-41-37-33-29-26-23-20-19-22-24-27-31-35-39-43-47-51-57(62)59-55(54-60)56(61)50-46-42-38-34-30-16-14-12-10-8-6-4-2/h11,13,17-18,55-56,60-61H,3-10,12,14-16,19-54H2,1-2H3,(H,59,62)/b13-11-,18-17-. The molecule has 0 bridgehead atoms. The SMILES string of the molecule is CCCCC/C=C\C/C=C\CCCCCCCCCC(=O)OCCCCCCCCCCCCCCCCCCCCC(=O)NC(CO)C(O)CCCCCCCCCCCCCC. The second-order valence-electron chi connectivity index (χ2n) is 19.6. The number of amides is 1. The fourth-order valence-corrected chi connectivity index (χ4v) is 8.85. The summed E-state index contributed by atoms with van der Waals surface area (Å²) < 4.78 is 5.48. The fourth-order valence-electron chi connectivity index (χ4n) is 8.85. The third kappa shape index (κ3) is 49.8. The van der Waals surface area contributed by atoms with Gasteiger partial charge in [0, 0.05) is 12.8 Å². The number of aliphatic hydroxyl groups is 2. The second-order valence-corrected chi connectivity index (χ2v) is 19.6. The van der Waals surface area contributed by atoms with Crippen molar-refractivity contribution in [1.29, 1.82) is 0 Å². The van der Waals surface area contributed by atoms with E-state index in [1.807, 2.05) is 0 Å². The number of rotatable bonds is 53. The molecule has 6 nitrogen and oxygen atoms in total. The van der Waals surface area contributed by atoms with Gasteiger partial charge in [0.05, 0.1) is 25.4 Å². The lowest BCUT2D eigenvalue weighted by Gasteiger charge is -2.22. The first-order valence-electron chi connectivity index (χ1n) is 28.6. The number of hydrogen-bond acceptors (Lipinski definition) is 5. The number of esters is 1. The van der Waals surface area contributed by atoms with Crippen molar-refractivity contribution in [2.24, 2.45) is 0 Å². The Morgan fingerprint density at radius 1 is 0.438 bits per heavy atom. The van der Waals surface area contributed by atoms with E-state index in [0.717, 1.165) is 51.4 Å².